The van der Waals surface area contributed by atoms with Gasteiger partial charge in [-0.25, -0.2) is 4.98 Å². The van der Waals surface area contributed by atoms with E-state index >= 15 is 0 Å². The molecule has 0 radical (unpaired) electrons. The highest BCUT2D eigenvalue weighted by molar-refractivity contribution is 9.10. The van der Waals surface area contributed by atoms with E-state index in [1.807, 2.05) is 12.1 Å². The Morgan fingerprint density at radius 1 is 1.14 bits per heavy atom. The quantitative estimate of drug-likeness (QED) is 0.834. The van der Waals surface area contributed by atoms with E-state index in [4.69, 9.17) is 4.74 Å². The van der Waals surface area contributed by atoms with Crippen molar-refractivity contribution < 1.29 is 4.74 Å². The van der Waals surface area contributed by atoms with Crippen molar-refractivity contribution in [1.29, 1.82) is 0 Å². The van der Waals surface area contributed by atoms with Gasteiger partial charge in [-0.3, -0.25) is 0 Å². The maximum Gasteiger partial charge on any atom is 0.248 e. The maximum atomic E-state index is 6.03. The predicted molar refractivity (Wildman–Crippen MR) is 89.6 cm³/mol. The number of nitrogens with one attached hydrogen (secondary N) is 1. The van der Waals surface area contributed by atoms with E-state index in [-0.39, 0.29) is 0 Å². The molecule has 0 aliphatic carbocycles. The minimum atomic E-state index is 0.608. The molecule has 0 saturated carbocycles. The van der Waals surface area contributed by atoms with Crippen LogP contribution in [0.15, 0.2) is 29.0 Å². The van der Waals surface area contributed by atoms with Crippen molar-refractivity contribution in [3.63, 3.8) is 0 Å². The number of benzene rings is 1. The Hall–Kier alpha value is -1.82. The molecule has 1 N–H and O–H groups in total. The highest BCUT2D eigenvalue weighted by atomic mass is 79.9. The average molecular weight is 361 g/mol. The van der Waals surface area contributed by atoms with Crippen LogP contribution in [0.4, 0.5) is 11.5 Å². The number of piperidine rings is 1. The van der Waals surface area contributed by atoms with E-state index in [1.54, 1.807) is 6.33 Å². The predicted octanol–water partition coefficient (Wildman–Crippen LogP) is 3.95. The molecule has 1 aromatic carbocycles. The van der Waals surface area contributed by atoms with Crippen molar-refractivity contribution in [2.45, 2.75) is 25.8 Å². The van der Waals surface area contributed by atoms with Gasteiger partial charge in [0.05, 0.1) is 0 Å². The first-order valence-electron chi connectivity index (χ1n) is 7.61. The Kier molecular flexibility index (Phi) is 3.62. The molecule has 2 aliphatic rings. The SMILES string of the molecule is Brc1ccc2c(c1)CNc1c(ncnc1N1CCCCC1)O2. The number of aromatic nitrogens is 2. The number of halogens is 1. The Labute approximate surface area is 137 Å². The summed E-state index contributed by atoms with van der Waals surface area (Å²) in [6.07, 6.45) is 5.32. The van der Waals surface area contributed by atoms with Gasteiger partial charge in [0, 0.05) is 29.7 Å². The molecule has 0 unspecified atom stereocenters. The summed E-state index contributed by atoms with van der Waals surface area (Å²) in [6, 6.07) is 6.03. The van der Waals surface area contributed by atoms with Crippen LogP contribution in [-0.4, -0.2) is 23.1 Å². The van der Waals surface area contributed by atoms with Gasteiger partial charge >= 0.3 is 0 Å². The Bertz CT molecular complexity index is 701. The van der Waals surface area contributed by atoms with Crippen molar-refractivity contribution in [3.05, 3.63) is 34.6 Å². The summed E-state index contributed by atoms with van der Waals surface area (Å²) >= 11 is 3.51. The van der Waals surface area contributed by atoms with Gasteiger partial charge in [0.15, 0.2) is 5.82 Å². The molecule has 4 rings (SSSR count). The minimum Gasteiger partial charge on any atom is -0.437 e. The van der Waals surface area contributed by atoms with Gasteiger partial charge < -0.3 is 15.0 Å². The van der Waals surface area contributed by atoms with Crippen LogP contribution in [0.1, 0.15) is 24.8 Å². The largest absolute Gasteiger partial charge is 0.437 e. The van der Waals surface area contributed by atoms with Gasteiger partial charge in [-0.1, -0.05) is 15.9 Å². The topological polar surface area (TPSA) is 50.3 Å². The van der Waals surface area contributed by atoms with Gasteiger partial charge in [-0.05, 0) is 37.5 Å². The third-order valence-corrected chi connectivity index (χ3v) is 4.63. The standard InChI is InChI=1S/C16H17BrN4O/c17-12-4-5-13-11(8-12)9-18-14-15(19-10-20-16(14)22-13)21-6-2-1-3-7-21/h4-5,8,10,18H,1-3,6-7,9H2. The molecule has 2 aromatic rings. The summed E-state index contributed by atoms with van der Waals surface area (Å²) in [7, 11) is 0. The van der Waals surface area contributed by atoms with Crippen molar-refractivity contribution in [2.24, 2.45) is 0 Å². The number of ether oxygens (including phenoxy) is 1. The fraction of sp³-hybridized carbons (Fsp3) is 0.375. The Morgan fingerprint density at radius 3 is 2.86 bits per heavy atom. The lowest BCUT2D eigenvalue weighted by molar-refractivity contribution is 0.462. The number of rotatable bonds is 1. The van der Waals surface area contributed by atoms with Crippen molar-refractivity contribution >= 4 is 27.4 Å². The Morgan fingerprint density at radius 2 is 2.00 bits per heavy atom. The molecule has 22 heavy (non-hydrogen) atoms. The first kappa shape index (κ1) is 13.8. The van der Waals surface area contributed by atoms with Crippen molar-refractivity contribution in [2.75, 3.05) is 23.3 Å². The summed E-state index contributed by atoms with van der Waals surface area (Å²) in [4.78, 5) is 11.1. The third-order valence-electron chi connectivity index (χ3n) is 4.13. The van der Waals surface area contributed by atoms with Crippen LogP contribution >= 0.6 is 15.9 Å². The van der Waals surface area contributed by atoms with E-state index in [0.717, 1.165) is 40.4 Å². The molecular weight excluding hydrogens is 344 g/mol. The molecule has 5 nitrogen and oxygen atoms in total. The molecule has 1 fully saturated rings. The van der Waals surface area contributed by atoms with Crippen LogP contribution in [0.25, 0.3) is 0 Å². The monoisotopic (exact) mass is 360 g/mol. The molecule has 0 spiro atoms. The zero-order valence-corrected chi connectivity index (χ0v) is 13.8. The van der Waals surface area contributed by atoms with Crippen molar-refractivity contribution in [1.82, 2.24) is 9.97 Å². The lowest BCUT2D eigenvalue weighted by Gasteiger charge is -2.29. The van der Waals surface area contributed by atoms with Gasteiger partial charge in [-0.15, -0.1) is 0 Å². The van der Waals surface area contributed by atoms with Gasteiger partial charge in [-0.2, -0.15) is 4.98 Å². The number of hydrogen-bond acceptors (Lipinski definition) is 5. The molecule has 6 heteroatoms. The molecule has 0 amide bonds. The zero-order valence-electron chi connectivity index (χ0n) is 12.2. The first-order chi connectivity index (χ1) is 10.8. The zero-order chi connectivity index (χ0) is 14.9. The fourth-order valence-electron chi connectivity index (χ4n) is 3.01. The molecule has 2 aliphatic heterocycles. The minimum absolute atomic E-state index is 0.608. The van der Waals surface area contributed by atoms with E-state index in [0.29, 0.717) is 12.4 Å². The van der Waals surface area contributed by atoms with Crippen LogP contribution in [0, 0.1) is 0 Å². The second-order valence-electron chi connectivity index (χ2n) is 5.63. The maximum absolute atomic E-state index is 6.03. The van der Waals surface area contributed by atoms with E-state index < -0.39 is 0 Å². The molecular formula is C16H17BrN4O. The molecule has 0 atom stereocenters. The van der Waals surface area contributed by atoms with Crippen LogP contribution in [-0.2, 0) is 6.54 Å². The average Bonchev–Trinajstić information content (AvgIpc) is 2.74. The summed E-state index contributed by atoms with van der Waals surface area (Å²) in [6.45, 7) is 2.79. The lowest BCUT2D eigenvalue weighted by atomic mass is 10.1. The number of anilines is 2. The smallest absolute Gasteiger partial charge is 0.248 e. The van der Waals surface area contributed by atoms with E-state index in [9.17, 15) is 0 Å². The van der Waals surface area contributed by atoms with E-state index in [1.165, 1.54) is 19.3 Å². The van der Waals surface area contributed by atoms with E-state index in [2.05, 4.69) is 42.2 Å². The fourth-order valence-corrected chi connectivity index (χ4v) is 3.42. The van der Waals surface area contributed by atoms with Gasteiger partial charge in [0.25, 0.3) is 0 Å². The summed E-state index contributed by atoms with van der Waals surface area (Å²) < 4.78 is 7.07. The van der Waals surface area contributed by atoms with Gasteiger partial charge in [0.1, 0.15) is 17.8 Å². The van der Waals surface area contributed by atoms with Crippen LogP contribution in [0.2, 0.25) is 0 Å². The Balaban J connectivity index is 1.72. The summed E-state index contributed by atoms with van der Waals surface area (Å²) in [5, 5.41) is 3.46. The summed E-state index contributed by atoms with van der Waals surface area (Å²) in [5.74, 6) is 2.41. The highest BCUT2D eigenvalue weighted by Crippen LogP contribution is 2.39. The van der Waals surface area contributed by atoms with Gasteiger partial charge in [0.2, 0.25) is 5.88 Å². The van der Waals surface area contributed by atoms with Crippen molar-refractivity contribution in [3.8, 4) is 11.6 Å². The molecule has 1 saturated heterocycles. The normalized spacial score (nSPS) is 16.9. The number of nitrogens with zero attached hydrogens (tertiary/aromatic N) is 3. The van der Waals surface area contributed by atoms with Crippen LogP contribution in [0.5, 0.6) is 11.6 Å². The van der Waals surface area contributed by atoms with Crippen LogP contribution < -0.4 is 15.0 Å². The molecule has 114 valence electrons. The molecule has 1 aromatic heterocycles. The molecule has 3 heterocycles. The second kappa shape index (κ2) is 5.76. The number of fused-ring (bicyclic) bond motifs is 2. The summed E-state index contributed by atoms with van der Waals surface area (Å²) in [5.41, 5.74) is 2.01. The second-order valence-corrected chi connectivity index (χ2v) is 6.55. The number of hydrogen-bond donors (Lipinski definition) is 1. The highest BCUT2D eigenvalue weighted by Gasteiger charge is 2.23. The third kappa shape index (κ3) is 2.52. The van der Waals surface area contributed by atoms with Crippen LogP contribution in [0.3, 0.4) is 0 Å². The first-order valence-corrected chi connectivity index (χ1v) is 8.41. The lowest BCUT2D eigenvalue weighted by Crippen LogP contribution is -2.31. The molecule has 0 bridgehead atoms.